The molecule has 0 aromatic heterocycles. The topological polar surface area (TPSA) is 50.8 Å². The zero-order valence-electron chi connectivity index (χ0n) is 15.0. The van der Waals surface area contributed by atoms with Crippen LogP contribution in [-0.4, -0.2) is 43.2 Å². The number of carbonyl (C=O) groups excluding carboxylic acids is 1. The Kier molecular flexibility index (Phi) is 6.07. The highest BCUT2D eigenvalue weighted by atomic mass is 35.5. The van der Waals surface area contributed by atoms with Gasteiger partial charge in [0, 0.05) is 38.0 Å². The van der Waals surface area contributed by atoms with Crippen LogP contribution in [0.2, 0.25) is 5.02 Å². The maximum absolute atomic E-state index is 11.8. The summed E-state index contributed by atoms with van der Waals surface area (Å²) >= 11 is 6.38. The van der Waals surface area contributed by atoms with E-state index in [2.05, 4.69) is 10.2 Å². The third-order valence-electron chi connectivity index (χ3n) is 4.73. The molecular formula is C19H27ClN2O3. The number of ether oxygens (including phenoxy) is 2. The maximum Gasteiger partial charge on any atom is 0.222 e. The van der Waals surface area contributed by atoms with Crippen molar-refractivity contribution in [3.05, 3.63) is 22.7 Å². The average molecular weight is 367 g/mol. The van der Waals surface area contributed by atoms with E-state index in [1.54, 1.807) is 0 Å². The van der Waals surface area contributed by atoms with Gasteiger partial charge in [0.15, 0.2) is 11.5 Å². The van der Waals surface area contributed by atoms with Crippen LogP contribution in [0, 0.1) is 5.92 Å². The predicted octanol–water partition coefficient (Wildman–Crippen LogP) is 3.24. The minimum absolute atomic E-state index is 0.0435. The monoisotopic (exact) mass is 366 g/mol. The number of hydrogen-bond acceptors (Lipinski definition) is 4. The van der Waals surface area contributed by atoms with Gasteiger partial charge in [-0.05, 0) is 30.5 Å². The lowest BCUT2D eigenvalue weighted by Crippen LogP contribution is -2.45. The zero-order chi connectivity index (χ0) is 17.8. The summed E-state index contributed by atoms with van der Waals surface area (Å²) in [4.78, 5) is 14.2. The van der Waals surface area contributed by atoms with Crippen LogP contribution in [0.4, 0.5) is 0 Å². The molecule has 0 aliphatic carbocycles. The number of likely N-dealkylation sites (tertiary alicyclic amines) is 1. The predicted molar refractivity (Wildman–Crippen MR) is 98.3 cm³/mol. The molecule has 2 aliphatic heterocycles. The van der Waals surface area contributed by atoms with Gasteiger partial charge in [0.1, 0.15) is 0 Å². The Bertz CT molecular complexity index is 613. The second-order valence-electron chi connectivity index (χ2n) is 7.17. The van der Waals surface area contributed by atoms with Crippen molar-refractivity contribution in [3.63, 3.8) is 0 Å². The standard InChI is InChI=1S/C19H27ClN2O3/c1-13(2)19(23)21-15-4-6-22(7-5-15)12-14-10-16(20)18-17(11-14)24-8-3-9-25-18/h10-11,13,15H,3-9,12H2,1-2H3,(H,21,23). The Balaban J connectivity index is 1.56. The van der Waals surface area contributed by atoms with Gasteiger partial charge in [-0.3, -0.25) is 9.69 Å². The molecular weight excluding hydrogens is 340 g/mol. The van der Waals surface area contributed by atoms with Crippen LogP contribution in [-0.2, 0) is 11.3 Å². The van der Waals surface area contributed by atoms with Crippen molar-refractivity contribution >= 4 is 17.5 Å². The first kappa shape index (κ1) is 18.3. The zero-order valence-corrected chi connectivity index (χ0v) is 15.8. The van der Waals surface area contributed by atoms with E-state index in [1.807, 2.05) is 26.0 Å². The summed E-state index contributed by atoms with van der Waals surface area (Å²) in [5.41, 5.74) is 1.14. The van der Waals surface area contributed by atoms with Crippen LogP contribution in [0.3, 0.4) is 0 Å². The third kappa shape index (κ3) is 4.79. The van der Waals surface area contributed by atoms with E-state index in [0.717, 1.165) is 50.2 Å². The smallest absolute Gasteiger partial charge is 0.222 e. The summed E-state index contributed by atoms with van der Waals surface area (Å²) in [6, 6.07) is 4.31. The average Bonchev–Trinajstić information content (AvgIpc) is 2.82. The number of rotatable bonds is 4. The van der Waals surface area contributed by atoms with Crippen LogP contribution >= 0.6 is 11.6 Å². The van der Waals surface area contributed by atoms with Crippen molar-refractivity contribution < 1.29 is 14.3 Å². The lowest BCUT2D eigenvalue weighted by molar-refractivity contribution is -0.125. The molecule has 3 rings (SSSR count). The largest absolute Gasteiger partial charge is 0.489 e. The van der Waals surface area contributed by atoms with E-state index in [4.69, 9.17) is 21.1 Å². The second kappa shape index (κ2) is 8.28. The van der Waals surface area contributed by atoms with Crippen molar-refractivity contribution in [2.75, 3.05) is 26.3 Å². The van der Waals surface area contributed by atoms with Crippen molar-refractivity contribution in [1.29, 1.82) is 0 Å². The van der Waals surface area contributed by atoms with Crippen molar-refractivity contribution in [2.24, 2.45) is 5.92 Å². The molecule has 2 aliphatic rings. The molecule has 1 amide bonds. The van der Waals surface area contributed by atoms with Gasteiger partial charge in [0.05, 0.1) is 18.2 Å². The Morgan fingerprint density at radius 2 is 2.00 bits per heavy atom. The Morgan fingerprint density at radius 3 is 2.72 bits per heavy atom. The third-order valence-corrected chi connectivity index (χ3v) is 5.01. The molecule has 1 fully saturated rings. The Labute approximate surface area is 154 Å². The van der Waals surface area contributed by atoms with Gasteiger partial charge in [0.2, 0.25) is 5.91 Å². The first-order chi connectivity index (χ1) is 12.0. The van der Waals surface area contributed by atoms with Gasteiger partial charge < -0.3 is 14.8 Å². The summed E-state index contributed by atoms with van der Waals surface area (Å²) in [6.07, 6.45) is 2.84. The number of nitrogens with zero attached hydrogens (tertiary/aromatic N) is 1. The fraction of sp³-hybridized carbons (Fsp3) is 0.632. The molecule has 1 N–H and O–H groups in total. The van der Waals surface area contributed by atoms with E-state index >= 15 is 0 Å². The number of piperidine rings is 1. The number of nitrogens with one attached hydrogen (secondary N) is 1. The lowest BCUT2D eigenvalue weighted by Gasteiger charge is -2.32. The van der Waals surface area contributed by atoms with Crippen LogP contribution < -0.4 is 14.8 Å². The SMILES string of the molecule is CC(C)C(=O)NC1CCN(Cc2cc(Cl)c3c(c2)OCCCO3)CC1. The molecule has 138 valence electrons. The quantitative estimate of drug-likeness (QED) is 0.888. The minimum Gasteiger partial charge on any atom is -0.489 e. The Morgan fingerprint density at radius 1 is 1.28 bits per heavy atom. The molecule has 1 saturated heterocycles. The summed E-state index contributed by atoms with van der Waals surface area (Å²) in [5.74, 6) is 1.60. The fourth-order valence-corrected chi connectivity index (χ4v) is 3.52. The summed E-state index contributed by atoms with van der Waals surface area (Å²) in [6.45, 7) is 7.93. The molecule has 1 aromatic rings. The van der Waals surface area contributed by atoms with Gasteiger partial charge in [0.25, 0.3) is 0 Å². The molecule has 0 spiro atoms. The fourth-order valence-electron chi connectivity index (χ4n) is 3.24. The lowest BCUT2D eigenvalue weighted by atomic mass is 10.0. The van der Waals surface area contributed by atoms with Crippen molar-refractivity contribution in [3.8, 4) is 11.5 Å². The summed E-state index contributed by atoms with van der Waals surface area (Å²) < 4.78 is 11.5. The van der Waals surface area contributed by atoms with Crippen LogP contribution in [0.1, 0.15) is 38.7 Å². The van der Waals surface area contributed by atoms with Crippen LogP contribution in [0.15, 0.2) is 12.1 Å². The molecule has 0 saturated carbocycles. The molecule has 0 radical (unpaired) electrons. The van der Waals surface area contributed by atoms with Gasteiger partial charge >= 0.3 is 0 Å². The number of hydrogen-bond donors (Lipinski definition) is 1. The highest BCUT2D eigenvalue weighted by Gasteiger charge is 2.22. The van der Waals surface area contributed by atoms with E-state index in [9.17, 15) is 4.79 Å². The molecule has 0 unspecified atom stereocenters. The molecule has 5 nitrogen and oxygen atoms in total. The first-order valence-corrected chi connectivity index (χ1v) is 9.51. The second-order valence-corrected chi connectivity index (χ2v) is 7.58. The van der Waals surface area contributed by atoms with Crippen molar-refractivity contribution in [1.82, 2.24) is 10.2 Å². The minimum atomic E-state index is 0.0435. The van der Waals surface area contributed by atoms with Gasteiger partial charge in [-0.1, -0.05) is 25.4 Å². The highest BCUT2D eigenvalue weighted by molar-refractivity contribution is 6.32. The molecule has 1 aromatic carbocycles. The number of fused-ring (bicyclic) bond motifs is 1. The number of benzene rings is 1. The molecule has 25 heavy (non-hydrogen) atoms. The normalized spacial score (nSPS) is 18.9. The van der Waals surface area contributed by atoms with Crippen molar-refractivity contribution in [2.45, 2.75) is 45.7 Å². The highest BCUT2D eigenvalue weighted by Crippen LogP contribution is 2.38. The first-order valence-electron chi connectivity index (χ1n) is 9.13. The van der Waals surface area contributed by atoms with E-state index in [1.165, 1.54) is 0 Å². The van der Waals surface area contributed by atoms with Gasteiger partial charge in [-0.25, -0.2) is 0 Å². The van der Waals surface area contributed by atoms with Gasteiger partial charge in [-0.15, -0.1) is 0 Å². The summed E-state index contributed by atoms with van der Waals surface area (Å²) in [7, 11) is 0. The van der Waals surface area contributed by atoms with E-state index in [-0.39, 0.29) is 11.8 Å². The molecule has 2 heterocycles. The maximum atomic E-state index is 11.8. The van der Waals surface area contributed by atoms with Gasteiger partial charge in [-0.2, -0.15) is 0 Å². The molecule has 6 heteroatoms. The molecule has 0 atom stereocenters. The van der Waals surface area contributed by atoms with E-state index < -0.39 is 0 Å². The Hall–Kier alpha value is -1.46. The molecule has 0 bridgehead atoms. The number of halogens is 1. The summed E-state index contributed by atoms with van der Waals surface area (Å²) in [5, 5.41) is 3.76. The number of amides is 1. The van der Waals surface area contributed by atoms with Crippen LogP contribution in [0.5, 0.6) is 11.5 Å². The van der Waals surface area contributed by atoms with Crippen LogP contribution in [0.25, 0.3) is 0 Å². The van der Waals surface area contributed by atoms with E-state index in [0.29, 0.717) is 30.0 Å². The number of carbonyl (C=O) groups is 1.